The third kappa shape index (κ3) is 4.29. The van der Waals surface area contributed by atoms with Crippen LogP contribution in [0, 0.1) is 11.3 Å². The number of nitrogens with zero attached hydrogens (tertiary/aromatic N) is 1. The van der Waals surface area contributed by atoms with Crippen LogP contribution in [-0.4, -0.2) is 19.1 Å². The fourth-order valence-corrected chi connectivity index (χ4v) is 3.75. The van der Waals surface area contributed by atoms with E-state index in [4.69, 9.17) is 10.5 Å². The summed E-state index contributed by atoms with van der Waals surface area (Å²) in [5.41, 5.74) is 7.52. The number of methoxy groups -OCH3 is 1. The summed E-state index contributed by atoms with van der Waals surface area (Å²) in [4.78, 5) is 11.1. The highest BCUT2D eigenvalue weighted by molar-refractivity contribution is 5.92. The maximum absolute atomic E-state index is 11.1. The second-order valence-electron chi connectivity index (χ2n) is 7.14. The Kier molecular flexibility index (Phi) is 5.78. The van der Waals surface area contributed by atoms with Crippen molar-refractivity contribution in [3.8, 4) is 11.8 Å². The van der Waals surface area contributed by atoms with Crippen molar-refractivity contribution in [3.05, 3.63) is 65.2 Å². The lowest BCUT2D eigenvalue weighted by Gasteiger charge is -2.36. The Hall–Kier alpha value is -2.84. The molecule has 0 aliphatic heterocycles. The van der Waals surface area contributed by atoms with E-state index in [0.717, 1.165) is 49.1 Å². The zero-order chi connectivity index (χ0) is 19.3. The molecule has 1 amide bonds. The third-order valence-corrected chi connectivity index (χ3v) is 5.51. The molecular formula is C22H25N3O2. The Labute approximate surface area is 160 Å². The number of carbonyl (C=O) groups is 1. The van der Waals surface area contributed by atoms with E-state index in [1.165, 1.54) is 0 Å². The minimum Gasteiger partial charge on any atom is -0.497 e. The van der Waals surface area contributed by atoms with Crippen LogP contribution in [0.1, 0.15) is 47.2 Å². The van der Waals surface area contributed by atoms with Gasteiger partial charge in [0.1, 0.15) is 5.75 Å². The minimum absolute atomic E-state index is 0.382. The van der Waals surface area contributed by atoms with Crippen LogP contribution in [0.4, 0.5) is 0 Å². The largest absolute Gasteiger partial charge is 0.497 e. The van der Waals surface area contributed by atoms with E-state index in [0.29, 0.717) is 11.6 Å². The van der Waals surface area contributed by atoms with Gasteiger partial charge in [-0.15, -0.1) is 0 Å². The standard InChI is InChI=1S/C22H25N3O2/c1-27-20-4-2-3-18(13-20)22(15-23)11-9-19(10-12-22)25-14-16-5-7-17(8-6-16)21(24)26/h2-8,13,19,25H,9-12,14H2,1H3,(H2,24,26). The summed E-state index contributed by atoms with van der Waals surface area (Å²) in [5.74, 6) is 0.383. The normalized spacial score (nSPS) is 22.0. The second-order valence-corrected chi connectivity index (χ2v) is 7.14. The Balaban J connectivity index is 1.59. The molecule has 0 heterocycles. The van der Waals surface area contributed by atoms with Gasteiger partial charge in [0.15, 0.2) is 0 Å². The van der Waals surface area contributed by atoms with E-state index >= 15 is 0 Å². The molecule has 1 aliphatic carbocycles. The number of rotatable bonds is 6. The van der Waals surface area contributed by atoms with E-state index < -0.39 is 11.3 Å². The molecule has 0 spiro atoms. The summed E-state index contributed by atoms with van der Waals surface area (Å²) in [6, 6.07) is 18.2. The maximum atomic E-state index is 11.1. The van der Waals surface area contributed by atoms with Crippen molar-refractivity contribution in [1.82, 2.24) is 5.32 Å². The van der Waals surface area contributed by atoms with Crippen LogP contribution < -0.4 is 15.8 Å². The first-order chi connectivity index (χ1) is 13.1. The number of amides is 1. The Morgan fingerprint density at radius 3 is 2.56 bits per heavy atom. The highest BCUT2D eigenvalue weighted by Crippen LogP contribution is 2.40. The number of benzene rings is 2. The topological polar surface area (TPSA) is 88.1 Å². The van der Waals surface area contributed by atoms with Crippen molar-refractivity contribution >= 4 is 5.91 Å². The number of ether oxygens (including phenoxy) is 1. The lowest BCUT2D eigenvalue weighted by Crippen LogP contribution is -2.39. The van der Waals surface area contributed by atoms with E-state index in [9.17, 15) is 10.1 Å². The number of hydrogen-bond acceptors (Lipinski definition) is 4. The Morgan fingerprint density at radius 1 is 1.26 bits per heavy atom. The van der Waals surface area contributed by atoms with E-state index in [-0.39, 0.29) is 0 Å². The summed E-state index contributed by atoms with van der Waals surface area (Å²) >= 11 is 0. The molecule has 0 bridgehead atoms. The molecule has 0 unspecified atom stereocenters. The van der Waals surface area contributed by atoms with E-state index in [1.807, 2.05) is 36.4 Å². The van der Waals surface area contributed by atoms with Gasteiger partial charge in [0.25, 0.3) is 0 Å². The predicted molar refractivity (Wildman–Crippen MR) is 104 cm³/mol. The Bertz CT molecular complexity index is 831. The molecule has 140 valence electrons. The highest BCUT2D eigenvalue weighted by Gasteiger charge is 2.37. The lowest BCUT2D eigenvalue weighted by atomic mass is 9.69. The molecule has 1 saturated carbocycles. The maximum Gasteiger partial charge on any atom is 0.248 e. The van der Waals surface area contributed by atoms with Gasteiger partial charge in [0.2, 0.25) is 5.91 Å². The van der Waals surface area contributed by atoms with E-state index in [2.05, 4.69) is 11.4 Å². The van der Waals surface area contributed by atoms with Crippen LogP contribution in [-0.2, 0) is 12.0 Å². The first-order valence-electron chi connectivity index (χ1n) is 9.24. The molecule has 0 atom stereocenters. The molecule has 27 heavy (non-hydrogen) atoms. The molecule has 1 aliphatic rings. The number of carbonyl (C=O) groups excluding carboxylic acids is 1. The van der Waals surface area contributed by atoms with Crippen LogP contribution in [0.3, 0.4) is 0 Å². The summed E-state index contributed by atoms with van der Waals surface area (Å²) in [7, 11) is 1.65. The van der Waals surface area contributed by atoms with Gasteiger partial charge in [-0.05, 0) is 61.1 Å². The van der Waals surface area contributed by atoms with Gasteiger partial charge in [-0.25, -0.2) is 0 Å². The van der Waals surface area contributed by atoms with Crippen LogP contribution in [0.25, 0.3) is 0 Å². The summed E-state index contributed by atoms with van der Waals surface area (Å²) in [6.07, 6.45) is 3.55. The van der Waals surface area contributed by atoms with Crippen LogP contribution >= 0.6 is 0 Å². The lowest BCUT2D eigenvalue weighted by molar-refractivity contribution is 0.100. The summed E-state index contributed by atoms with van der Waals surface area (Å²) in [6.45, 7) is 0.739. The zero-order valence-electron chi connectivity index (χ0n) is 15.6. The summed E-state index contributed by atoms with van der Waals surface area (Å²) < 4.78 is 5.32. The number of nitrogens with one attached hydrogen (secondary N) is 1. The molecule has 0 radical (unpaired) electrons. The fraction of sp³-hybridized carbons (Fsp3) is 0.364. The van der Waals surface area contributed by atoms with Crippen LogP contribution in [0.15, 0.2) is 48.5 Å². The average molecular weight is 363 g/mol. The molecule has 0 saturated heterocycles. The van der Waals surface area contributed by atoms with Gasteiger partial charge in [-0.2, -0.15) is 5.26 Å². The highest BCUT2D eigenvalue weighted by atomic mass is 16.5. The second kappa shape index (κ2) is 8.24. The molecule has 2 aromatic carbocycles. The van der Waals surface area contributed by atoms with Crippen molar-refractivity contribution in [2.24, 2.45) is 5.73 Å². The molecular weight excluding hydrogens is 338 g/mol. The summed E-state index contributed by atoms with van der Waals surface area (Å²) in [5, 5.41) is 13.4. The number of primary amides is 1. The van der Waals surface area contributed by atoms with Crippen molar-refractivity contribution < 1.29 is 9.53 Å². The van der Waals surface area contributed by atoms with Crippen molar-refractivity contribution in [2.75, 3.05) is 7.11 Å². The number of nitrogens with two attached hydrogens (primary N) is 1. The molecule has 3 rings (SSSR count). The first kappa shape index (κ1) is 18.9. The van der Waals surface area contributed by atoms with Gasteiger partial charge in [-0.1, -0.05) is 24.3 Å². The van der Waals surface area contributed by atoms with Crippen molar-refractivity contribution in [3.63, 3.8) is 0 Å². The average Bonchev–Trinajstić information content (AvgIpc) is 2.73. The molecule has 5 nitrogen and oxygen atoms in total. The van der Waals surface area contributed by atoms with E-state index in [1.54, 1.807) is 19.2 Å². The van der Waals surface area contributed by atoms with Gasteiger partial charge < -0.3 is 15.8 Å². The zero-order valence-corrected chi connectivity index (χ0v) is 15.6. The SMILES string of the molecule is COc1cccc(C2(C#N)CCC(NCc3ccc(C(N)=O)cc3)CC2)c1. The van der Waals surface area contributed by atoms with Gasteiger partial charge in [0.05, 0.1) is 18.6 Å². The molecule has 3 N–H and O–H groups in total. The molecule has 1 fully saturated rings. The predicted octanol–water partition coefficient (Wildman–Crippen LogP) is 3.29. The van der Waals surface area contributed by atoms with Crippen LogP contribution in [0.5, 0.6) is 5.75 Å². The smallest absolute Gasteiger partial charge is 0.248 e. The van der Waals surface area contributed by atoms with Gasteiger partial charge >= 0.3 is 0 Å². The molecule has 2 aromatic rings. The van der Waals surface area contributed by atoms with Gasteiger partial charge in [0, 0.05) is 18.2 Å². The fourth-order valence-electron chi connectivity index (χ4n) is 3.75. The third-order valence-electron chi connectivity index (χ3n) is 5.51. The van der Waals surface area contributed by atoms with Crippen molar-refractivity contribution in [2.45, 2.75) is 43.7 Å². The Morgan fingerprint density at radius 2 is 1.96 bits per heavy atom. The van der Waals surface area contributed by atoms with Crippen molar-refractivity contribution in [1.29, 1.82) is 5.26 Å². The van der Waals surface area contributed by atoms with Gasteiger partial charge in [-0.3, -0.25) is 4.79 Å². The first-order valence-corrected chi connectivity index (χ1v) is 9.24. The number of hydrogen-bond donors (Lipinski definition) is 2. The minimum atomic E-state index is -0.435. The van der Waals surface area contributed by atoms with Crippen LogP contribution in [0.2, 0.25) is 0 Å². The molecule has 0 aromatic heterocycles. The monoisotopic (exact) mass is 363 g/mol. The number of nitriles is 1. The quantitative estimate of drug-likeness (QED) is 0.824. The molecule has 5 heteroatoms.